The first kappa shape index (κ1) is 13.7. The first-order valence-electron chi connectivity index (χ1n) is 7.82. The Bertz CT molecular complexity index is 373. The molecular weight excluding hydrogens is 256 g/mol. The van der Waals surface area contributed by atoms with Gasteiger partial charge in [0, 0.05) is 32.2 Å². The molecule has 0 aliphatic carbocycles. The zero-order chi connectivity index (χ0) is 13.9. The van der Waals surface area contributed by atoms with Crippen LogP contribution in [0.4, 0.5) is 4.79 Å². The van der Waals surface area contributed by atoms with E-state index in [-0.39, 0.29) is 18.0 Å². The van der Waals surface area contributed by atoms with Gasteiger partial charge < -0.3 is 20.4 Å². The van der Waals surface area contributed by atoms with E-state index in [2.05, 4.69) is 10.6 Å². The topological polar surface area (TPSA) is 64.7 Å². The molecule has 3 saturated heterocycles. The number of carbonyl (C=O) groups excluding carboxylic acids is 2. The Labute approximate surface area is 119 Å². The number of likely N-dealkylation sites (tertiary alicyclic amines) is 1. The molecule has 20 heavy (non-hydrogen) atoms. The zero-order valence-electron chi connectivity index (χ0n) is 11.9. The van der Waals surface area contributed by atoms with E-state index in [9.17, 15) is 9.59 Å². The molecule has 6 heteroatoms. The van der Waals surface area contributed by atoms with Crippen LogP contribution in [0.2, 0.25) is 0 Å². The second-order valence-corrected chi connectivity index (χ2v) is 5.98. The van der Waals surface area contributed by atoms with E-state index in [1.807, 2.05) is 9.80 Å². The first-order chi connectivity index (χ1) is 9.75. The van der Waals surface area contributed by atoms with Crippen molar-refractivity contribution in [3.05, 3.63) is 0 Å². The molecule has 2 N–H and O–H groups in total. The SMILES string of the molecule is O=C(C1CCCCN1)N1CCC(N2CCNC2=O)CC1. The van der Waals surface area contributed by atoms with Crippen LogP contribution in [0.5, 0.6) is 0 Å². The summed E-state index contributed by atoms with van der Waals surface area (Å²) in [5.74, 6) is 0.258. The molecule has 0 saturated carbocycles. The third kappa shape index (κ3) is 2.75. The molecule has 1 unspecified atom stereocenters. The second kappa shape index (κ2) is 5.99. The Balaban J connectivity index is 1.50. The minimum Gasteiger partial charge on any atom is -0.341 e. The maximum atomic E-state index is 12.4. The van der Waals surface area contributed by atoms with Crippen LogP contribution >= 0.6 is 0 Å². The molecular formula is C14H24N4O2. The second-order valence-electron chi connectivity index (χ2n) is 5.98. The van der Waals surface area contributed by atoms with Gasteiger partial charge in [-0.2, -0.15) is 0 Å². The predicted molar refractivity (Wildman–Crippen MR) is 75.3 cm³/mol. The number of rotatable bonds is 2. The number of piperidine rings is 2. The van der Waals surface area contributed by atoms with Crippen molar-refractivity contribution in [2.24, 2.45) is 0 Å². The van der Waals surface area contributed by atoms with Crippen LogP contribution in [0.15, 0.2) is 0 Å². The fourth-order valence-electron chi connectivity index (χ4n) is 3.52. The van der Waals surface area contributed by atoms with E-state index in [0.29, 0.717) is 6.04 Å². The lowest BCUT2D eigenvalue weighted by Gasteiger charge is -2.38. The van der Waals surface area contributed by atoms with Crippen molar-refractivity contribution in [2.75, 3.05) is 32.7 Å². The zero-order valence-corrected chi connectivity index (χ0v) is 11.9. The van der Waals surface area contributed by atoms with Crippen LogP contribution < -0.4 is 10.6 Å². The maximum Gasteiger partial charge on any atom is 0.317 e. The van der Waals surface area contributed by atoms with Gasteiger partial charge in [-0.15, -0.1) is 0 Å². The quantitative estimate of drug-likeness (QED) is 0.756. The summed E-state index contributed by atoms with van der Waals surface area (Å²) < 4.78 is 0. The minimum atomic E-state index is 0.0235. The molecule has 0 bridgehead atoms. The van der Waals surface area contributed by atoms with Crippen LogP contribution in [-0.4, -0.2) is 66.5 Å². The molecule has 0 spiro atoms. The van der Waals surface area contributed by atoms with E-state index in [0.717, 1.165) is 58.4 Å². The minimum absolute atomic E-state index is 0.0235. The van der Waals surface area contributed by atoms with Crippen LogP contribution in [0, 0.1) is 0 Å². The fraction of sp³-hybridized carbons (Fsp3) is 0.857. The monoisotopic (exact) mass is 280 g/mol. The van der Waals surface area contributed by atoms with Crippen LogP contribution in [0.3, 0.4) is 0 Å². The molecule has 6 nitrogen and oxygen atoms in total. The lowest BCUT2D eigenvalue weighted by molar-refractivity contribution is -0.135. The highest BCUT2D eigenvalue weighted by Gasteiger charge is 2.33. The van der Waals surface area contributed by atoms with Gasteiger partial charge >= 0.3 is 6.03 Å². The van der Waals surface area contributed by atoms with Gasteiger partial charge in [0.25, 0.3) is 0 Å². The van der Waals surface area contributed by atoms with Gasteiger partial charge in [-0.3, -0.25) is 4.79 Å². The normalized spacial score (nSPS) is 28.6. The van der Waals surface area contributed by atoms with Gasteiger partial charge in [-0.25, -0.2) is 4.79 Å². The van der Waals surface area contributed by atoms with Crippen LogP contribution in [-0.2, 0) is 4.79 Å². The summed E-state index contributed by atoms with van der Waals surface area (Å²) in [7, 11) is 0. The molecule has 3 fully saturated rings. The first-order valence-corrected chi connectivity index (χ1v) is 7.82. The van der Waals surface area contributed by atoms with Crippen LogP contribution in [0.1, 0.15) is 32.1 Å². The Morgan fingerprint density at radius 1 is 1.05 bits per heavy atom. The lowest BCUT2D eigenvalue weighted by atomic mass is 10.00. The summed E-state index contributed by atoms with van der Waals surface area (Å²) >= 11 is 0. The smallest absolute Gasteiger partial charge is 0.317 e. The number of amides is 3. The van der Waals surface area contributed by atoms with E-state index in [1.54, 1.807) is 0 Å². The van der Waals surface area contributed by atoms with E-state index in [4.69, 9.17) is 0 Å². The van der Waals surface area contributed by atoms with Gasteiger partial charge in [0.15, 0.2) is 0 Å². The third-order valence-electron chi connectivity index (χ3n) is 4.72. The highest BCUT2D eigenvalue weighted by atomic mass is 16.2. The van der Waals surface area contributed by atoms with Crippen molar-refractivity contribution in [3.8, 4) is 0 Å². The van der Waals surface area contributed by atoms with Gasteiger partial charge in [-0.05, 0) is 32.2 Å². The average molecular weight is 280 g/mol. The number of hydrogen-bond acceptors (Lipinski definition) is 3. The Kier molecular flexibility index (Phi) is 4.10. The number of hydrogen-bond donors (Lipinski definition) is 2. The molecule has 0 aromatic heterocycles. The summed E-state index contributed by atoms with van der Waals surface area (Å²) in [6.07, 6.45) is 5.11. The molecule has 0 aromatic carbocycles. The van der Waals surface area contributed by atoms with E-state index < -0.39 is 0 Å². The van der Waals surface area contributed by atoms with Crippen molar-refractivity contribution >= 4 is 11.9 Å². The standard InChI is InChI=1S/C14H24N4O2/c19-13(12-3-1-2-6-15-12)17-8-4-11(5-9-17)18-10-7-16-14(18)20/h11-12,15H,1-10H2,(H,16,20). The molecule has 3 aliphatic rings. The summed E-state index contributed by atoms with van der Waals surface area (Å²) in [4.78, 5) is 28.0. The number of urea groups is 1. The van der Waals surface area contributed by atoms with Crippen molar-refractivity contribution in [1.82, 2.24) is 20.4 Å². The molecule has 3 heterocycles. The molecule has 1 atom stereocenters. The van der Waals surface area contributed by atoms with Crippen molar-refractivity contribution in [1.29, 1.82) is 0 Å². The fourth-order valence-corrected chi connectivity index (χ4v) is 3.52. The molecule has 0 radical (unpaired) electrons. The van der Waals surface area contributed by atoms with Crippen molar-refractivity contribution in [3.63, 3.8) is 0 Å². The van der Waals surface area contributed by atoms with E-state index >= 15 is 0 Å². The highest BCUT2D eigenvalue weighted by molar-refractivity contribution is 5.82. The Hall–Kier alpha value is -1.30. The molecule has 3 amide bonds. The highest BCUT2D eigenvalue weighted by Crippen LogP contribution is 2.20. The maximum absolute atomic E-state index is 12.4. The molecule has 3 aliphatic heterocycles. The molecule has 112 valence electrons. The summed E-state index contributed by atoms with van der Waals surface area (Å²) in [6.45, 7) is 4.09. The molecule has 0 aromatic rings. The van der Waals surface area contributed by atoms with Crippen molar-refractivity contribution < 1.29 is 9.59 Å². The Morgan fingerprint density at radius 3 is 2.45 bits per heavy atom. The third-order valence-corrected chi connectivity index (χ3v) is 4.72. The lowest BCUT2D eigenvalue weighted by Crippen LogP contribution is -2.53. The predicted octanol–water partition coefficient (Wildman–Crippen LogP) is 0.145. The largest absolute Gasteiger partial charge is 0.341 e. The van der Waals surface area contributed by atoms with Gasteiger partial charge in [0.2, 0.25) is 5.91 Å². The number of nitrogens with one attached hydrogen (secondary N) is 2. The summed E-state index contributed by atoms with van der Waals surface area (Å²) in [6, 6.07) is 0.389. The van der Waals surface area contributed by atoms with E-state index in [1.165, 1.54) is 6.42 Å². The van der Waals surface area contributed by atoms with Crippen molar-refractivity contribution in [2.45, 2.75) is 44.2 Å². The average Bonchev–Trinajstić information content (AvgIpc) is 2.94. The van der Waals surface area contributed by atoms with Gasteiger partial charge in [0.1, 0.15) is 0 Å². The number of carbonyl (C=O) groups is 2. The van der Waals surface area contributed by atoms with Gasteiger partial charge in [0.05, 0.1) is 6.04 Å². The number of nitrogens with zero attached hydrogens (tertiary/aromatic N) is 2. The molecule has 3 rings (SSSR count). The van der Waals surface area contributed by atoms with Gasteiger partial charge in [-0.1, -0.05) is 6.42 Å². The van der Waals surface area contributed by atoms with Crippen LogP contribution in [0.25, 0.3) is 0 Å². The Morgan fingerprint density at radius 2 is 1.85 bits per heavy atom. The summed E-state index contributed by atoms with van der Waals surface area (Å²) in [5, 5.41) is 6.17. The summed E-state index contributed by atoms with van der Waals surface area (Å²) in [5.41, 5.74) is 0.